The fourth-order valence-electron chi connectivity index (χ4n) is 3.41. The standard InChI is InChI=1S/C20H27N3O6S3/c1-30(24,25)22-18-7-11-19(12-8-18)31(26,27)21-14-13-17-5-9-20(10-6-17)32(28,29)23-15-3-2-4-16-23/h5-12,21-22H,2-4,13-16H2,1H3. The maximum Gasteiger partial charge on any atom is 0.243 e. The zero-order valence-electron chi connectivity index (χ0n) is 17.7. The van der Waals surface area contributed by atoms with Crippen LogP contribution in [0.5, 0.6) is 0 Å². The first-order valence-electron chi connectivity index (χ1n) is 10.1. The lowest BCUT2D eigenvalue weighted by molar-refractivity contribution is 0.346. The molecule has 0 amide bonds. The molecular formula is C20H27N3O6S3. The van der Waals surface area contributed by atoms with Crippen LogP contribution in [0, 0.1) is 0 Å². The van der Waals surface area contributed by atoms with Crippen molar-refractivity contribution in [3.8, 4) is 0 Å². The second-order valence-corrected chi connectivity index (χ2v) is 13.1. The van der Waals surface area contributed by atoms with Crippen LogP contribution in [0.25, 0.3) is 0 Å². The summed E-state index contributed by atoms with van der Waals surface area (Å²) in [5.74, 6) is 0. The Morgan fingerprint density at radius 1 is 0.781 bits per heavy atom. The van der Waals surface area contributed by atoms with Gasteiger partial charge in [0, 0.05) is 25.3 Å². The highest BCUT2D eigenvalue weighted by Gasteiger charge is 2.25. The number of rotatable bonds is 9. The smallest absolute Gasteiger partial charge is 0.243 e. The van der Waals surface area contributed by atoms with Gasteiger partial charge in [0.05, 0.1) is 16.0 Å². The molecule has 0 unspecified atom stereocenters. The first kappa shape index (κ1) is 24.6. The van der Waals surface area contributed by atoms with E-state index in [4.69, 9.17) is 0 Å². The summed E-state index contributed by atoms with van der Waals surface area (Å²) in [5, 5.41) is 0. The summed E-state index contributed by atoms with van der Waals surface area (Å²) in [5.41, 5.74) is 1.07. The van der Waals surface area contributed by atoms with Gasteiger partial charge >= 0.3 is 0 Å². The Kier molecular flexibility index (Phi) is 7.61. The van der Waals surface area contributed by atoms with Gasteiger partial charge in [-0.25, -0.2) is 30.0 Å². The van der Waals surface area contributed by atoms with Crippen LogP contribution >= 0.6 is 0 Å². The highest BCUT2D eigenvalue weighted by Crippen LogP contribution is 2.21. The second-order valence-electron chi connectivity index (χ2n) is 7.66. The average molecular weight is 502 g/mol. The molecule has 1 fully saturated rings. The van der Waals surface area contributed by atoms with E-state index < -0.39 is 30.1 Å². The van der Waals surface area contributed by atoms with Crippen LogP contribution in [0.1, 0.15) is 24.8 Å². The van der Waals surface area contributed by atoms with E-state index in [9.17, 15) is 25.3 Å². The average Bonchev–Trinajstić information content (AvgIpc) is 2.74. The summed E-state index contributed by atoms with van der Waals surface area (Å²) in [7, 11) is -10.7. The first-order chi connectivity index (χ1) is 15.0. The van der Waals surface area contributed by atoms with Crippen molar-refractivity contribution in [2.24, 2.45) is 0 Å². The number of hydrogen-bond acceptors (Lipinski definition) is 6. The largest absolute Gasteiger partial charge is 0.284 e. The summed E-state index contributed by atoms with van der Waals surface area (Å²) in [6.07, 6.45) is 4.18. The summed E-state index contributed by atoms with van der Waals surface area (Å²) in [6.45, 7) is 1.21. The predicted molar refractivity (Wildman–Crippen MR) is 123 cm³/mol. The zero-order valence-corrected chi connectivity index (χ0v) is 20.1. The van der Waals surface area contributed by atoms with Gasteiger partial charge in [0.1, 0.15) is 0 Å². The van der Waals surface area contributed by atoms with Crippen molar-refractivity contribution in [3.05, 3.63) is 54.1 Å². The fraction of sp³-hybridized carbons (Fsp3) is 0.400. The van der Waals surface area contributed by atoms with E-state index >= 15 is 0 Å². The SMILES string of the molecule is CS(=O)(=O)Nc1ccc(S(=O)(=O)NCCc2ccc(S(=O)(=O)N3CCCCC3)cc2)cc1. The van der Waals surface area contributed by atoms with E-state index in [2.05, 4.69) is 9.44 Å². The zero-order chi connectivity index (χ0) is 23.4. The highest BCUT2D eigenvalue weighted by atomic mass is 32.2. The van der Waals surface area contributed by atoms with Crippen LogP contribution in [0.4, 0.5) is 5.69 Å². The van der Waals surface area contributed by atoms with Gasteiger partial charge in [-0.05, 0) is 61.2 Å². The van der Waals surface area contributed by atoms with Crippen LogP contribution < -0.4 is 9.44 Å². The molecule has 12 heteroatoms. The maximum atomic E-state index is 12.7. The van der Waals surface area contributed by atoms with Crippen molar-refractivity contribution in [1.29, 1.82) is 0 Å². The molecule has 2 aromatic carbocycles. The Balaban J connectivity index is 1.57. The molecule has 2 N–H and O–H groups in total. The van der Waals surface area contributed by atoms with Crippen LogP contribution in [-0.4, -0.2) is 55.4 Å². The molecule has 1 aliphatic heterocycles. The predicted octanol–water partition coefficient (Wildman–Crippen LogP) is 1.75. The van der Waals surface area contributed by atoms with Crippen molar-refractivity contribution < 1.29 is 25.3 Å². The van der Waals surface area contributed by atoms with E-state index in [1.165, 1.54) is 28.6 Å². The van der Waals surface area contributed by atoms with Gasteiger partial charge in [-0.3, -0.25) is 4.72 Å². The molecule has 32 heavy (non-hydrogen) atoms. The molecule has 1 heterocycles. The molecule has 1 saturated heterocycles. The van der Waals surface area contributed by atoms with E-state index in [0.29, 0.717) is 19.5 Å². The van der Waals surface area contributed by atoms with Crippen molar-refractivity contribution >= 4 is 35.8 Å². The highest BCUT2D eigenvalue weighted by molar-refractivity contribution is 7.92. The normalized spacial score (nSPS) is 16.0. The molecule has 3 rings (SSSR count). The van der Waals surface area contributed by atoms with Crippen LogP contribution in [-0.2, 0) is 36.5 Å². The Labute approximate surface area is 190 Å². The number of sulfonamides is 3. The molecule has 0 saturated carbocycles. The molecule has 0 aromatic heterocycles. The lowest BCUT2D eigenvalue weighted by Crippen LogP contribution is -2.35. The molecule has 0 radical (unpaired) electrons. The van der Waals surface area contributed by atoms with Gasteiger partial charge in [0.2, 0.25) is 30.1 Å². The molecule has 1 aliphatic rings. The van der Waals surface area contributed by atoms with Gasteiger partial charge < -0.3 is 0 Å². The van der Waals surface area contributed by atoms with Gasteiger partial charge in [-0.2, -0.15) is 4.31 Å². The summed E-state index contributed by atoms with van der Waals surface area (Å²) < 4.78 is 79.0. The number of piperidine rings is 1. The lowest BCUT2D eigenvalue weighted by atomic mass is 10.2. The fourth-order valence-corrected chi connectivity index (χ4v) is 6.52. The molecule has 176 valence electrons. The molecule has 0 bridgehead atoms. The topological polar surface area (TPSA) is 130 Å². The molecule has 2 aromatic rings. The number of hydrogen-bond donors (Lipinski definition) is 2. The number of nitrogens with zero attached hydrogens (tertiary/aromatic N) is 1. The number of benzene rings is 2. The monoisotopic (exact) mass is 501 g/mol. The van der Waals surface area contributed by atoms with Gasteiger partial charge in [-0.15, -0.1) is 0 Å². The van der Waals surface area contributed by atoms with E-state index in [0.717, 1.165) is 31.1 Å². The quantitative estimate of drug-likeness (QED) is 0.539. The molecule has 0 atom stereocenters. The summed E-state index contributed by atoms with van der Waals surface area (Å²) in [4.78, 5) is 0.256. The van der Waals surface area contributed by atoms with Gasteiger partial charge in [0.15, 0.2) is 0 Å². The second kappa shape index (κ2) is 9.87. The van der Waals surface area contributed by atoms with E-state index in [1.807, 2.05) is 0 Å². The lowest BCUT2D eigenvalue weighted by Gasteiger charge is -2.25. The minimum Gasteiger partial charge on any atom is -0.284 e. The van der Waals surface area contributed by atoms with Crippen molar-refractivity contribution in [1.82, 2.24) is 9.03 Å². The minimum atomic E-state index is -3.77. The Bertz CT molecular complexity index is 1230. The molecule has 9 nitrogen and oxygen atoms in total. The Hall–Kier alpha value is -1.99. The third-order valence-electron chi connectivity index (χ3n) is 5.05. The minimum absolute atomic E-state index is 0.0134. The van der Waals surface area contributed by atoms with Crippen molar-refractivity contribution in [2.45, 2.75) is 35.5 Å². The summed E-state index contributed by atoms with van der Waals surface area (Å²) in [6, 6.07) is 11.9. The van der Waals surface area contributed by atoms with Gasteiger partial charge in [-0.1, -0.05) is 18.6 Å². The molecular weight excluding hydrogens is 474 g/mol. The first-order valence-corrected chi connectivity index (χ1v) is 15.0. The number of nitrogens with one attached hydrogen (secondary N) is 2. The molecule has 0 spiro atoms. The van der Waals surface area contributed by atoms with Crippen LogP contribution in [0.3, 0.4) is 0 Å². The van der Waals surface area contributed by atoms with Crippen LogP contribution in [0.2, 0.25) is 0 Å². The Morgan fingerprint density at radius 3 is 1.91 bits per heavy atom. The van der Waals surface area contributed by atoms with Crippen LogP contribution in [0.15, 0.2) is 58.3 Å². The van der Waals surface area contributed by atoms with Crippen molar-refractivity contribution in [3.63, 3.8) is 0 Å². The maximum absolute atomic E-state index is 12.7. The van der Waals surface area contributed by atoms with E-state index in [-0.39, 0.29) is 22.0 Å². The summed E-state index contributed by atoms with van der Waals surface area (Å²) >= 11 is 0. The van der Waals surface area contributed by atoms with E-state index in [1.54, 1.807) is 24.3 Å². The third-order valence-corrected chi connectivity index (χ3v) is 9.05. The molecule has 0 aliphatic carbocycles. The van der Waals surface area contributed by atoms with Gasteiger partial charge in [0.25, 0.3) is 0 Å². The van der Waals surface area contributed by atoms with Crippen molar-refractivity contribution in [2.75, 3.05) is 30.6 Å². The number of anilines is 1. The Morgan fingerprint density at radius 2 is 1.34 bits per heavy atom. The third kappa shape index (κ3) is 6.51.